The van der Waals surface area contributed by atoms with Crippen molar-refractivity contribution in [3.63, 3.8) is 0 Å². The monoisotopic (exact) mass is 344 g/mol. The van der Waals surface area contributed by atoms with Gasteiger partial charge >= 0.3 is 0 Å². The minimum Gasteiger partial charge on any atom is -0.394 e. The van der Waals surface area contributed by atoms with E-state index in [2.05, 4.69) is 15.0 Å². The van der Waals surface area contributed by atoms with Gasteiger partial charge in [-0.15, -0.1) is 0 Å². The normalized spacial score (nSPS) is 36.6. The number of benzene rings is 1. The second-order valence-electron chi connectivity index (χ2n) is 6.44. The van der Waals surface area contributed by atoms with E-state index in [1.165, 1.54) is 6.34 Å². The molecule has 3 N–H and O–H groups in total. The molecule has 0 bridgehead atoms. The first-order valence-corrected chi connectivity index (χ1v) is 8.19. The molecule has 3 aliphatic heterocycles. The van der Waals surface area contributed by atoms with Gasteiger partial charge < -0.3 is 25.0 Å². The molecule has 0 saturated carbocycles. The Labute approximate surface area is 144 Å². The molecule has 6 atom stereocenters. The lowest BCUT2D eigenvalue weighted by atomic mass is 9.99. The van der Waals surface area contributed by atoms with E-state index in [9.17, 15) is 15.3 Å². The molecule has 132 valence electrons. The lowest BCUT2D eigenvalue weighted by Crippen LogP contribution is -2.50. The molecule has 0 amide bonds. The Morgan fingerprint density at radius 3 is 2.56 bits per heavy atom. The standard InChI is InChI=1S/C17H20N4O4/c1-9-2-4-10(5-3-9)12-13-16(19-7-18-12)21(8-20-13)17-15(24)14(23)11(6-22)25-17/h2-5,7-8,11,13-17,22-24H,6H2,1H3/t11-,13?,14?,15?,16?,17-/m1/s1. The van der Waals surface area contributed by atoms with Gasteiger partial charge in [0.1, 0.15) is 30.7 Å². The highest BCUT2D eigenvalue weighted by atomic mass is 16.6. The molecule has 4 unspecified atom stereocenters. The summed E-state index contributed by atoms with van der Waals surface area (Å²) in [6, 6.07) is 7.71. The quantitative estimate of drug-likeness (QED) is 0.672. The lowest BCUT2D eigenvalue weighted by Gasteiger charge is -2.32. The molecule has 0 aliphatic carbocycles. The van der Waals surface area contributed by atoms with Crippen LogP contribution in [0.4, 0.5) is 0 Å². The highest BCUT2D eigenvalue weighted by Crippen LogP contribution is 2.30. The van der Waals surface area contributed by atoms with Gasteiger partial charge in [0.05, 0.1) is 18.7 Å². The van der Waals surface area contributed by atoms with Gasteiger partial charge in [0.15, 0.2) is 12.4 Å². The van der Waals surface area contributed by atoms with E-state index in [1.54, 1.807) is 11.2 Å². The van der Waals surface area contributed by atoms with Crippen LogP contribution in [0.1, 0.15) is 11.1 Å². The summed E-state index contributed by atoms with van der Waals surface area (Å²) in [5.41, 5.74) is 2.92. The first kappa shape index (κ1) is 16.3. The first-order chi connectivity index (χ1) is 12.1. The van der Waals surface area contributed by atoms with Gasteiger partial charge in [-0.05, 0) is 12.5 Å². The van der Waals surface area contributed by atoms with Crippen LogP contribution in [0, 0.1) is 6.92 Å². The number of rotatable bonds is 3. The van der Waals surface area contributed by atoms with Gasteiger partial charge in [0.25, 0.3) is 0 Å². The fourth-order valence-corrected chi connectivity index (χ4v) is 3.38. The summed E-state index contributed by atoms with van der Waals surface area (Å²) in [4.78, 5) is 14.9. The van der Waals surface area contributed by atoms with Gasteiger partial charge in [-0.2, -0.15) is 0 Å². The third-order valence-electron chi connectivity index (χ3n) is 4.80. The average molecular weight is 344 g/mol. The lowest BCUT2D eigenvalue weighted by molar-refractivity contribution is -0.0777. The fourth-order valence-electron chi connectivity index (χ4n) is 3.38. The fraction of sp³-hybridized carbons (Fsp3) is 0.471. The zero-order valence-electron chi connectivity index (χ0n) is 13.7. The van der Waals surface area contributed by atoms with Crippen LogP contribution in [0.5, 0.6) is 0 Å². The molecule has 25 heavy (non-hydrogen) atoms. The largest absolute Gasteiger partial charge is 0.394 e. The summed E-state index contributed by atoms with van der Waals surface area (Å²) in [6.45, 7) is 1.65. The van der Waals surface area contributed by atoms with E-state index < -0.39 is 30.7 Å². The third kappa shape index (κ3) is 2.67. The van der Waals surface area contributed by atoms with Crippen molar-refractivity contribution in [3.05, 3.63) is 35.4 Å². The van der Waals surface area contributed by atoms with Gasteiger partial charge in [-0.25, -0.2) is 9.98 Å². The predicted octanol–water partition coefficient (Wildman–Crippen LogP) is -0.696. The zero-order chi connectivity index (χ0) is 17.6. The van der Waals surface area contributed by atoms with Crippen molar-refractivity contribution >= 4 is 18.4 Å². The highest BCUT2D eigenvalue weighted by Gasteiger charge is 2.49. The predicted molar refractivity (Wildman–Crippen MR) is 91.9 cm³/mol. The minimum absolute atomic E-state index is 0.311. The third-order valence-corrected chi connectivity index (χ3v) is 4.80. The van der Waals surface area contributed by atoms with Crippen LogP contribution in [-0.2, 0) is 4.74 Å². The summed E-state index contributed by atoms with van der Waals surface area (Å²) >= 11 is 0. The maximum absolute atomic E-state index is 10.3. The van der Waals surface area contributed by atoms with E-state index in [0.29, 0.717) is 0 Å². The molecule has 1 aromatic carbocycles. The van der Waals surface area contributed by atoms with Crippen LogP contribution >= 0.6 is 0 Å². The Morgan fingerprint density at radius 2 is 1.88 bits per heavy atom. The van der Waals surface area contributed by atoms with Crippen LogP contribution < -0.4 is 0 Å². The van der Waals surface area contributed by atoms with Gasteiger partial charge in [0.2, 0.25) is 0 Å². The molecule has 1 aromatic rings. The van der Waals surface area contributed by atoms with E-state index in [0.717, 1.165) is 16.8 Å². The van der Waals surface area contributed by atoms with Crippen molar-refractivity contribution in [2.24, 2.45) is 15.0 Å². The Balaban J connectivity index is 1.57. The van der Waals surface area contributed by atoms with Crippen molar-refractivity contribution < 1.29 is 20.1 Å². The number of aliphatic hydroxyl groups is 3. The number of hydrogen-bond donors (Lipinski definition) is 3. The molecule has 1 saturated heterocycles. The van der Waals surface area contributed by atoms with E-state index in [4.69, 9.17) is 4.74 Å². The van der Waals surface area contributed by atoms with Crippen molar-refractivity contribution in [1.82, 2.24) is 4.90 Å². The number of nitrogens with zero attached hydrogens (tertiary/aromatic N) is 4. The van der Waals surface area contributed by atoms with Crippen LogP contribution in [-0.4, -0.2) is 82.0 Å². The molecule has 8 nitrogen and oxygen atoms in total. The van der Waals surface area contributed by atoms with Crippen LogP contribution in [0.3, 0.4) is 0 Å². The number of aryl methyl sites for hydroxylation is 1. The smallest absolute Gasteiger partial charge is 0.162 e. The van der Waals surface area contributed by atoms with E-state index in [1.807, 2.05) is 31.2 Å². The topological polar surface area (TPSA) is 110 Å². The number of aliphatic imine (C=N–C) groups is 3. The number of fused-ring (bicyclic) bond motifs is 1. The van der Waals surface area contributed by atoms with Crippen LogP contribution in [0.25, 0.3) is 0 Å². The Morgan fingerprint density at radius 1 is 1.12 bits per heavy atom. The molecular weight excluding hydrogens is 324 g/mol. The molecule has 8 heteroatoms. The zero-order valence-corrected chi connectivity index (χ0v) is 13.7. The van der Waals surface area contributed by atoms with Crippen molar-refractivity contribution in [2.45, 2.75) is 43.7 Å². The molecule has 3 heterocycles. The number of hydrogen-bond acceptors (Lipinski definition) is 8. The molecular formula is C17H20N4O4. The highest BCUT2D eigenvalue weighted by molar-refractivity contribution is 6.10. The molecule has 0 aromatic heterocycles. The second kappa shape index (κ2) is 6.30. The van der Waals surface area contributed by atoms with Crippen molar-refractivity contribution in [1.29, 1.82) is 0 Å². The summed E-state index contributed by atoms with van der Waals surface area (Å²) < 4.78 is 5.60. The Bertz CT molecular complexity index is 733. The van der Waals surface area contributed by atoms with Gasteiger partial charge in [-0.1, -0.05) is 29.8 Å². The van der Waals surface area contributed by atoms with Crippen LogP contribution in [0.2, 0.25) is 0 Å². The van der Waals surface area contributed by atoms with Gasteiger partial charge in [0, 0.05) is 0 Å². The summed E-state index contributed by atoms with van der Waals surface area (Å²) in [7, 11) is 0. The summed E-state index contributed by atoms with van der Waals surface area (Å²) in [5, 5.41) is 29.5. The van der Waals surface area contributed by atoms with Gasteiger partial charge in [-0.3, -0.25) is 4.99 Å². The first-order valence-electron chi connectivity index (χ1n) is 8.19. The maximum atomic E-state index is 10.3. The van der Waals surface area contributed by atoms with Crippen LogP contribution in [0.15, 0.2) is 39.2 Å². The van der Waals surface area contributed by atoms with E-state index in [-0.39, 0.29) is 12.6 Å². The second-order valence-corrected chi connectivity index (χ2v) is 6.44. The number of ether oxygens (including phenoxy) is 1. The van der Waals surface area contributed by atoms with E-state index >= 15 is 0 Å². The molecule has 1 fully saturated rings. The molecule has 0 spiro atoms. The average Bonchev–Trinajstić information content (AvgIpc) is 3.17. The summed E-state index contributed by atoms with van der Waals surface area (Å²) in [5.74, 6) is 0. The molecule has 4 rings (SSSR count). The van der Waals surface area contributed by atoms with Crippen molar-refractivity contribution in [2.75, 3.05) is 6.61 Å². The maximum Gasteiger partial charge on any atom is 0.162 e. The Kier molecular flexibility index (Phi) is 4.12. The molecule has 3 aliphatic rings. The SMILES string of the molecule is Cc1ccc(C2=NC=NC3C2N=CN3[C@@H]2O[C@H](CO)C(O)C2O)cc1. The number of aliphatic hydroxyl groups excluding tert-OH is 3. The Hall–Kier alpha value is -2.13. The summed E-state index contributed by atoms with van der Waals surface area (Å²) in [6.07, 6.45) is -1.30. The minimum atomic E-state index is -1.15. The molecule has 0 radical (unpaired) electrons. The van der Waals surface area contributed by atoms with Crippen molar-refractivity contribution in [3.8, 4) is 0 Å².